The van der Waals surface area contributed by atoms with Crippen LogP contribution >= 0.6 is 0 Å². The van der Waals surface area contributed by atoms with E-state index >= 15 is 0 Å². The lowest BCUT2D eigenvalue weighted by molar-refractivity contribution is 0.0541. The Hall–Kier alpha value is -2.60. The first-order valence-electron chi connectivity index (χ1n) is 8.30. The zero-order valence-corrected chi connectivity index (χ0v) is 14.8. The third-order valence-electron chi connectivity index (χ3n) is 4.77. The Kier molecular flexibility index (Phi) is 4.90. The molecule has 3 rings (SSSR count). The molecule has 1 atom stereocenters. The molecule has 0 radical (unpaired) electrons. The molecule has 0 spiro atoms. The molecule has 0 saturated carbocycles. The first-order valence-corrected chi connectivity index (χ1v) is 8.30. The molecule has 1 saturated heterocycles. The quantitative estimate of drug-likeness (QED) is 0.849. The molecule has 1 aromatic heterocycles. The van der Waals surface area contributed by atoms with Crippen LogP contribution in [0.2, 0.25) is 0 Å². The molecule has 1 aliphatic heterocycles. The van der Waals surface area contributed by atoms with E-state index in [1.165, 1.54) is 10.6 Å². The lowest BCUT2D eigenvalue weighted by Crippen LogP contribution is -2.49. The summed E-state index contributed by atoms with van der Waals surface area (Å²) in [4.78, 5) is 28.5. The molecule has 1 fully saturated rings. The first kappa shape index (κ1) is 17.2. The first-order chi connectivity index (χ1) is 12.0. The van der Waals surface area contributed by atoms with Gasteiger partial charge in [0.15, 0.2) is 0 Å². The summed E-state index contributed by atoms with van der Waals surface area (Å²) in [5.41, 5.74) is 1.48. The highest BCUT2D eigenvalue weighted by Crippen LogP contribution is 2.31. The van der Waals surface area contributed by atoms with Gasteiger partial charge in [-0.2, -0.15) is 0 Å². The van der Waals surface area contributed by atoms with Crippen LogP contribution in [0.3, 0.4) is 0 Å². The summed E-state index contributed by atoms with van der Waals surface area (Å²) < 4.78 is 6.92. The normalized spacial score (nSPS) is 18.2. The molecule has 25 heavy (non-hydrogen) atoms. The molecular weight excluding hydrogens is 318 g/mol. The van der Waals surface area contributed by atoms with E-state index in [0.717, 1.165) is 17.9 Å². The maximum absolute atomic E-state index is 12.9. The number of ether oxygens (including phenoxy) is 1. The van der Waals surface area contributed by atoms with Crippen molar-refractivity contribution in [3.05, 3.63) is 64.1 Å². The Morgan fingerprint density at radius 2 is 1.88 bits per heavy atom. The molecular formula is C19H23N3O3. The van der Waals surface area contributed by atoms with E-state index in [1.807, 2.05) is 29.2 Å². The van der Waals surface area contributed by atoms with Crippen molar-refractivity contribution in [2.45, 2.75) is 6.04 Å². The average molecular weight is 341 g/mol. The lowest BCUT2D eigenvalue weighted by Gasteiger charge is -2.40. The fraction of sp³-hybridized carbons (Fsp3) is 0.368. The zero-order valence-electron chi connectivity index (χ0n) is 14.8. The highest BCUT2D eigenvalue weighted by atomic mass is 16.5. The van der Waals surface area contributed by atoms with Crippen molar-refractivity contribution in [2.75, 3.05) is 33.8 Å². The number of aryl methyl sites for hydroxylation is 1. The monoisotopic (exact) mass is 341 g/mol. The highest BCUT2D eigenvalue weighted by Gasteiger charge is 2.30. The molecule has 6 heteroatoms. The van der Waals surface area contributed by atoms with Gasteiger partial charge in [-0.3, -0.25) is 14.5 Å². The van der Waals surface area contributed by atoms with Gasteiger partial charge in [0, 0.05) is 44.5 Å². The fourth-order valence-electron chi connectivity index (χ4n) is 3.24. The second-order valence-electron chi connectivity index (χ2n) is 6.36. The van der Waals surface area contributed by atoms with Gasteiger partial charge >= 0.3 is 0 Å². The maximum atomic E-state index is 12.9. The van der Waals surface area contributed by atoms with Gasteiger partial charge in [0.25, 0.3) is 5.91 Å². The van der Waals surface area contributed by atoms with Crippen molar-refractivity contribution in [1.29, 1.82) is 0 Å². The van der Waals surface area contributed by atoms with Crippen molar-refractivity contribution in [1.82, 2.24) is 14.4 Å². The van der Waals surface area contributed by atoms with Crippen molar-refractivity contribution in [3.8, 4) is 5.75 Å². The minimum Gasteiger partial charge on any atom is -0.496 e. The zero-order chi connectivity index (χ0) is 18.0. The lowest BCUT2D eigenvalue weighted by atomic mass is 10.0. The van der Waals surface area contributed by atoms with E-state index in [4.69, 9.17) is 4.74 Å². The molecule has 6 nitrogen and oxygen atoms in total. The number of carbonyl (C=O) groups is 1. The third-order valence-corrected chi connectivity index (χ3v) is 4.77. The van der Waals surface area contributed by atoms with Gasteiger partial charge in [-0.15, -0.1) is 0 Å². The summed E-state index contributed by atoms with van der Waals surface area (Å²) in [7, 11) is 5.38. The number of carbonyl (C=O) groups excluding carboxylic acids is 1. The minimum absolute atomic E-state index is 0.0522. The fourth-order valence-corrected chi connectivity index (χ4v) is 3.24. The van der Waals surface area contributed by atoms with E-state index in [9.17, 15) is 9.59 Å². The standard InChI is InChI=1S/C19H23N3O3/c1-20-10-11-22(19(24)14-8-9-18(23)21(2)12-14)13-16(20)15-6-4-5-7-17(15)25-3/h4-9,12,16H,10-11,13H2,1-3H3. The Labute approximate surface area is 147 Å². The number of amides is 1. The van der Waals surface area contributed by atoms with Gasteiger partial charge in [0.2, 0.25) is 5.56 Å². The van der Waals surface area contributed by atoms with Crippen LogP contribution < -0.4 is 10.3 Å². The number of benzene rings is 1. The highest BCUT2D eigenvalue weighted by molar-refractivity contribution is 5.94. The maximum Gasteiger partial charge on any atom is 0.255 e. The van der Waals surface area contributed by atoms with Crippen LogP contribution in [-0.4, -0.2) is 54.1 Å². The van der Waals surface area contributed by atoms with Crippen LogP contribution in [0, 0.1) is 0 Å². The summed E-state index contributed by atoms with van der Waals surface area (Å²) in [6.45, 7) is 2.02. The smallest absolute Gasteiger partial charge is 0.255 e. The van der Waals surface area contributed by atoms with E-state index in [-0.39, 0.29) is 17.5 Å². The van der Waals surface area contributed by atoms with Crippen LogP contribution in [0.25, 0.3) is 0 Å². The number of para-hydroxylation sites is 1. The molecule has 0 aliphatic carbocycles. The molecule has 1 amide bonds. The Morgan fingerprint density at radius 1 is 1.12 bits per heavy atom. The number of hydrogen-bond donors (Lipinski definition) is 0. The average Bonchev–Trinajstić information content (AvgIpc) is 2.64. The number of piperazine rings is 1. The molecule has 2 aromatic rings. The van der Waals surface area contributed by atoms with Gasteiger partial charge in [0.1, 0.15) is 5.75 Å². The van der Waals surface area contributed by atoms with E-state index in [2.05, 4.69) is 11.9 Å². The summed E-state index contributed by atoms with van der Waals surface area (Å²) in [5.74, 6) is 0.777. The second kappa shape index (κ2) is 7.11. The van der Waals surface area contributed by atoms with Crippen molar-refractivity contribution >= 4 is 5.91 Å². The Balaban J connectivity index is 1.86. The molecule has 1 aromatic carbocycles. The molecule has 1 unspecified atom stereocenters. The van der Waals surface area contributed by atoms with Crippen LogP contribution in [-0.2, 0) is 7.05 Å². The number of nitrogens with zero attached hydrogens (tertiary/aromatic N) is 3. The molecule has 1 aliphatic rings. The van der Waals surface area contributed by atoms with E-state index in [1.54, 1.807) is 26.4 Å². The predicted molar refractivity (Wildman–Crippen MR) is 96.0 cm³/mol. The van der Waals surface area contributed by atoms with Crippen LogP contribution in [0.15, 0.2) is 47.4 Å². The van der Waals surface area contributed by atoms with Gasteiger partial charge in [-0.05, 0) is 19.2 Å². The summed E-state index contributed by atoms with van der Waals surface area (Å²) in [6, 6.07) is 11.0. The molecule has 2 heterocycles. The van der Waals surface area contributed by atoms with Crippen molar-refractivity contribution in [3.63, 3.8) is 0 Å². The number of pyridine rings is 1. The number of aromatic nitrogens is 1. The predicted octanol–water partition coefficient (Wildman–Crippen LogP) is 1.52. The number of hydrogen-bond acceptors (Lipinski definition) is 4. The largest absolute Gasteiger partial charge is 0.496 e. The van der Waals surface area contributed by atoms with E-state index < -0.39 is 0 Å². The summed E-state index contributed by atoms with van der Waals surface area (Å²) >= 11 is 0. The van der Waals surface area contributed by atoms with Gasteiger partial charge in [0.05, 0.1) is 18.7 Å². The van der Waals surface area contributed by atoms with Gasteiger partial charge in [-0.1, -0.05) is 18.2 Å². The van der Waals surface area contributed by atoms with Crippen LogP contribution in [0.4, 0.5) is 0 Å². The van der Waals surface area contributed by atoms with E-state index in [0.29, 0.717) is 18.7 Å². The number of rotatable bonds is 3. The van der Waals surface area contributed by atoms with Gasteiger partial charge < -0.3 is 14.2 Å². The minimum atomic E-state index is -0.123. The van der Waals surface area contributed by atoms with Gasteiger partial charge in [-0.25, -0.2) is 0 Å². The van der Waals surface area contributed by atoms with Crippen LogP contribution in [0.1, 0.15) is 22.0 Å². The Bertz CT molecular complexity index is 831. The topological polar surface area (TPSA) is 54.8 Å². The molecule has 0 N–H and O–H groups in total. The number of methoxy groups -OCH3 is 1. The summed E-state index contributed by atoms with van der Waals surface area (Å²) in [5, 5.41) is 0. The summed E-state index contributed by atoms with van der Waals surface area (Å²) in [6.07, 6.45) is 1.60. The van der Waals surface area contributed by atoms with Crippen LogP contribution in [0.5, 0.6) is 5.75 Å². The third kappa shape index (κ3) is 3.44. The Morgan fingerprint density at radius 3 is 2.60 bits per heavy atom. The van der Waals surface area contributed by atoms with Crippen molar-refractivity contribution in [2.24, 2.45) is 7.05 Å². The van der Waals surface area contributed by atoms with Crippen molar-refractivity contribution < 1.29 is 9.53 Å². The number of likely N-dealkylation sites (N-methyl/N-ethyl adjacent to an activating group) is 1. The molecule has 0 bridgehead atoms. The second-order valence-corrected chi connectivity index (χ2v) is 6.36. The molecule has 132 valence electrons. The SMILES string of the molecule is COc1ccccc1C1CN(C(=O)c2ccc(=O)n(C)c2)CCN1C.